The van der Waals surface area contributed by atoms with Crippen molar-refractivity contribution in [1.82, 2.24) is 9.13 Å². The number of aliphatic imine (C=N–C) groups is 1. The summed E-state index contributed by atoms with van der Waals surface area (Å²) in [4.78, 5) is 6.26. The Hall–Kier alpha value is -7.02. The molecular weight excluding hydrogens is 693 g/mol. The first-order valence-corrected chi connectivity index (χ1v) is 19.9. The van der Waals surface area contributed by atoms with Crippen LogP contribution < -0.4 is 0 Å². The summed E-state index contributed by atoms with van der Waals surface area (Å²) in [5.74, 6) is 0.460. The van der Waals surface area contributed by atoms with Gasteiger partial charge >= 0.3 is 0 Å². The van der Waals surface area contributed by atoms with Crippen LogP contribution in [0.4, 0.5) is 5.69 Å². The molecule has 55 heavy (non-hydrogen) atoms. The number of amidine groups is 1. The van der Waals surface area contributed by atoms with Gasteiger partial charge in [0, 0.05) is 38.5 Å². The van der Waals surface area contributed by atoms with Crippen molar-refractivity contribution in [2.45, 2.75) is 9.79 Å². The largest absolute Gasteiger partial charge is 0.309 e. The van der Waals surface area contributed by atoms with Crippen LogP contribution in [0.25, 0.3) is 66.1 Å². The van der Waals surface area contributed by atoms with Crippen molar-refractivity contribution in [3.05, 3.63) is 200 Å². The quantitative estimate of drug-likeness (QED) is 0.174. The molecule has 0 aliphatic carbocycles. The van der Waals surface area contributed by atoms with Crippen LogP contribution in [0.2, 0.25) is 0 Å². The number of rotatable bonds is 5. The van der Waals surface area contributed by atoms with Crippen molar-refractivity contribution < 1.29 is 4.21 Å². The minimum Gasteiger partial charge on any atom is -0.309 e. The molecule has 0 amide bonds. The third-order valence-electron chi connectivity index (χ3n) is 10.7. The molecule has 10 aromatic rings. The SMILES string of the molecule is O=S1(c2ccccc2)=NC(c2cccc(-n3c4ccccc4c4cc(-c5ccc6c(c5)c5ccccc5n6-c5ccccc5)ccc43)c2)=Nc2ccccc21. The lowest BCUT2D eigenvalue weighted by Gasteiger charge is -2.19. The molecule has 0 spiro atoms. The minimum atomic E-state index is -2.95. The first-order chi connectivity index (χ1) is 27.1. The fourth-order valence-electron chi connectivity index (χ4n) is 8.21. The standard InChI is InChI=1S/C49H32N4OS/c54-55(38-18-5-2-6-19-38)48-25-12-9-22-43(48)50-49(51-55)35-14-13-17-37(30-35)53-45-24-11-8-21-40(45)42-32-34(27-29-47(42)53)33-26-28-46-41(31-33)39-20-7-10-23-44(39)52(46)36-15-3-1-4-16-36/h1-32H. The van der Waals surface area contributed by atoms with Gasteiger partial charge in [-0.2, -0.15) is 4.36 Å². The molecule has 1 atom stereocenters. The topological polar surface area (TPSA) is 51.6 Å². The van der Waals surface area contributed by atoms with Gasteiger partial charge in [-0.05, 0) is 96.1 Å². The number of fused-ring (bicyclic) bond motifs is 7. The molecule has 1 unspecified atom stereocenters. The Kier molecular flexibility index (Phi) is 7.03. The average Bonchev–Trinajstić information content (AvgIpc) is 3.76. The minimum absolute atomic E-state index is 0.460. The van der Waals surface area contributed by atoms with Gasteiger partial charge in [-0.1, -0.05) is 109 Å². The van der Waals surface area contributed by atoms with Crippen molar-refractivity contribution in [2.24, 2.45) is 9.36 Å². The van der Waals surface area contributed by atoms with Gasteiger partial charge in [0.15, 0.2) is 5.84 Å². The molecule has 3 heterocycles. The Bertz CT molecular complexity index is 3310. The number of nitrogens with zero attached hydrogens (tertiary/aromatic N) is 4. The van der Waals surface area contributed by atoms with Crippen LogP contribution >= 0.6 is 0 Å². The van der Waals surface area contributed by atoms with Crippen LogP contribution in [0.15, 0.2) is 213 Å². The number of para-hydroxylation sites is 4. The smallest absolute Gasteiger partial charge is 0.170 e. The second-order valence-electron chi connectivity index (χ2n) is 13.9. The maximum Gasteiger partial charge on any atom is 0.170 e. The molecule has 8 aromatic carbocycles. The van der Waals surface area contributed by atoms with E-state index in [1.807, 2.05) is 66.7 Å². The fraction of sp³-hybridized carbons (Fsp3) is 0. The summed E-state index contributed by atoms with van der Waals surface area (Å²) >= 11 is 0. The van der Waals surface area contributed by atoms with E-state index in [-0.39, 0.29) is 0 Å². The number of hydrogen-bond acceptors (Lipinski definition) is 3. The van der Waals surface area contributed by atoms with E-state index in [1.165, 1.54) is 38.1 Å². The van der Waals surface area contributed by atoms with Crippen LogP contribution in [-0.4, -0.2) is 19.2 Å². The molecule has 2 aromatic heterocycles. The number of benzene rings is 8. The van der Waals surface area contributed by atoms with E-state index < -0.39 is 9.73 Å². The molecule has 6 heteroatoms. The lowest BCUT2D eigenvalue weighted by Crippen LogP contribution is -2.12. The van der Waals surface area contributed by atoms with Gasteiger partial charge in [0.1, 0.15) is 9.73 Å². The molecule has 1 aliphatic heterocycles. The third kappa shape index (κ3) is 4.92. The van der Waals surface area contributed by atoms with Gasteiger partial charge in [-0.15, -0.1) is 0 Å². The van der Waals surface area contributed by atoms with E-state index in [9.17, 15) is 4.21 Å². The third-order valence-corrected chi connectivity index (χ3v) is 13.0. The Morgan fingerprint density at radius 3 is 1.60 bits per heavy atom. The molecule has 0 radical (unpaired) electrons. The highest BCUT2D eigenvalue weighted by Crippen LogP contribution is 2.40. The summed E-state index contributed by atoms with van der Waals surface area (Å²) in [5, 5.41) is 4.81. The normalized spacial score (nSPS) is 15.3. The highest BCUT2D eigenvalue weighted by molar-refractivity contribution is 7.94. The zero-order chi connectivity index (χ0) is 36.5. The van der Waals surface area contributed by atoms with Crippen molar-refractivity contribution in [3.8, 4) is 22.5 Å². The maximum atomic E-state index is 14.8. The Balaban J connectivity index is 1.05. The molecule has 0 N–H and O–H groups in total. The van der Waals surface area contributed by atoms with E-state index >= 15 is 0 Å². The molecule has 11 rings (SSSR count). The van der Waals surface area contributed by atoms with Gasteiger partial charge in [0.2, 0.25) is 0 Å². The Morgan fingerprint density at radius 2 is 0.927 bits per heavy atom. The summed E-state index contributed by atoms with van der Waals surface area (Å²) in [6, 6.07) is 66.8. The molecule has 0 fully saturated rings. The highest BCUT2D eigenvalue weighted by Gasteiger charge is 2.25. The van der Waals surface area contributed by atoms with Gasteiger partial charge in [0.25, 0.3) is 0 Å². The van der Waals surface area contributed by atoms with Crippen LogP contribution in [-0.2, 0) is 9.73 Å². The van der Waals surface area contributed by atoms with Crippen LogP contribution in [0.1, 0.15) is 5.56 Å². The van der Waals surface area contributed by atoms with Crippen LogP contribution in [0.5, 0.6) is 0 Å². The van der Waals surface area contributed by atoms with Crippen LogP contribution in [0, 0.1) is 0 Å². The zero-order valence-corrected chi connectivity index (χ0v) is 30.4. The summed E-state index contributed by atoms with van der Waals surface area (Å²) < 4.78 is 24.3. The van der Waals surface area contributed by atoms with Crippen molar-refractivity contribution in [3.63, 3.8) is 0 Å². The average molecular weight is 725 g/mol. The number of aromatic nitrogens is 2. The van der Waals surface area contributed by atoms with Crippen LogP contribution in [0.3, 0.4) is 0 Å². The predicted molar refractivity (Wildman–Crippen MR) is 227 cm³/mol. The van der Waals surface area contributed by atoms with E-state index in [0.717, 1.165) is 33.5 Å². The first-order valence-electron chi connectivity index (χ1n) is 18.4. The first kappa shape index (κ1) is 31.5. The maximum absolute atomic E-state index is 14.8. The Morgan fingerprint density at radius 1 is 0.400 bits per heavy atom. The lowest BCUT2D eigenvalue weighted by molar-refractivity contribution is 0.676. The van der Waals surface area contributed by atoms with Crippen molar-refractivity contribution in [1.29, 1.82) is 0 Å². The van der Waals surface area contributed by atoms with Gasteiger partial charge in [-0.3, -0.25) is 0 Å². The highest BCUT2D eigenvalue weighted by atomic mass is 32.2. The summed E-state index contributed by atoms with van der Waals surface area (Å²) in [5.41, 5.74) is 10.5. The van der Waals surface area contributed by atoms with E-state index in [0.29, 0.717) is 21.3 Å². The monoisotopic (exact) mass is 724 g/mol. The van der Waals surface area contributed by atoms with E-state index in [1.54, 1.807) is 0 Å². The molecule has 0 bridgehead atoms. The molecule has 260 valence electrons. The number of hydrogen-bond donors (Lipinski definition) is 0. The van der Waals surface area contributed by atoms with Gasteiger partial charge in [0.05, 0.1) is 37.5 Å². The van der Waals surface area contributed by atoms with Crippen molar-refractivity contribution >= 4 is 64.9 Å². The summed E-state index contributed by atoms with van der Waals surface area (Å²) in [6.07, 6.45) is 0. The molecule has 5 nitrogen and oxygen atoms in total. The van der Waals surface area contributed by atoms with Gasteiger partial charge < -0.3 is 9.13 Å². The van der Waals surface area contributed by atoms with Gasteiger partial charge in [-0.25, -0.2) is 9.20 Å². The predicted octanol–water partition coefficient (Wildman–Crippen LogP) is 12.5. The Labute approximate surface area is 318 Å². The summed E-state index contributed by atoms with van der Waals surface area (Å²) in [7, 11) is -2.95. The zero-order valence-electron chi connectivity index (χ0n) is 29.6. The second kappa shape index (κ2) is 12.3. The summed E-state index contributed by atoms with van der Waals surface area (Å²) in [6.45, 7) is 0. The molecule has 1 aliphatic rings. The lowest BCUT2D eigenvalue weighted by atomic mass is 10.0. The van der Waals surface area contributed by atoms with Crippen molar-refractivity contribution in [2.75, 3.05) is 0 Å². The van der Waals surface area contributed by atoms with E-state index in [2.05, 4.69) is 137 Å². The molecule has 0 saturated carbocycles. The molecular formula is C49H32N4OS. The second-order valence-corrected chi connectivity index (χ2v) is 16.0. The van der Waals surface area contributed by atoms with E-state index in [4.69, 9.17) is 9.36 Å². The fourth-order valence-corrected chi connectivity index (χ4v) is 10.2. The molecule has 0 saturated heterocycles.